The van der Waals surface area contributed by atoms with Gasteiger partial charge >= 0.3 is 0 Å². The minimum atomic E-state index is -0.147. The summed E-state index contributed by atoms with van der Waals surface area (Å²) in [5, 5.41) is 0. The van der Waals surface area contributed by atoms with Crippen LogP contribution in [0.15, 0.2) is 18.2 Å². The van der Waals surface area contributed by atoms with Gasteiger partial charge < -0.3 is 15.5 Å². The Hall–Kier alpha value is -1.13. The molecule has 0 spiro atoms. The maximum Gasteiger partial charge on any atom is 0.146 e. The van der Waals surface area contributed by atoms with E-state index in [-0.39, 0.29) is 5.82 Å². The number of para-hydroxylation sites is 1. The first-order valence-electron chi connectivity index (χ1n) is 7.10. The van der Waals surface area contributed by atoms with Crippen LogP contribution in [0.1, 0.15) is 25.3 Å². The van der Waals surface area contributed by atoms with E-state index in [1.54, 1.807) is 6.07 Å². The van der Waals surface area contributed by atoms with Crippen molar-refractivity contribution in [3.8, 4) is 0 Å². The summed E-state index contributed by atoms with van der Waals surface area (Å²) in [4.78, 5) is 4.55. The highest BCUT2D eigenvalue weighted by atomic mass is 19.1. The molecule has 3 nitrogen and oxygen atoms in total. The Labute approximate surface area is 115 Å². The zero-order valence-corrected chi connectivity index (χ0v) is 11.9. The molecule has 1 atom stereocenters. The van der Waals surface area contributed by atoms with Crippen LogP contribution in [-0.2, 0) is 6.54 Å². The average molecular weight is 265 g/mol. The van der Waals surface area contributed by atoms with Crippen LogP contribution in [0.25, 0.3) is 0 Å². The highest BCUT2D eigenvalue weighted by Crippen LogP contribution is 2.28. The van der Waals surface area contributed by atoms with E-state index < -0.39 is 0 Å². The van der Waals surface area contributed by atoms with Crippen molar-refractivity contribution < 1.29 is 4.39 Å². The Kier molecular flexibility index (Phi) is 4.77. The Morgan fingerprint density at radius 1 is 1.37 bits per heavy atom. The second kappa shape index (κ2) is 6.35. The smallest absolute Gasteiger partial charge is 0.146 e. The fourth-order valence-corrected chi connectivity index (χ4v) is 2.93. The average Bonchev–Trinajstić information content (AvgIpc) is 2.59. The van der Waals surface area contributed by atoms with Crippen molar-refractivity contribution >= 4 is 5.69 Å². The van der Waals surface area contributed by atoms with Gasteiger partial charge in [0.1, 0.15) is 5.82 Å². The SMILES string of the molecule is CCC1CN(C)CCCN1c1c(F)cccc1CN. The van der Waals surface area contributed by atoms with Gasteiger partial charge in [0, 0.05) is 25.7 Å². The lowest BCUT2D eigenvalue weighted by Crippen LogP contribution is -2.41. The third kappa shape index (κ3) is 3.07. The molecule has 19 heavy (non-hydrogen) atoms. The number of nitrogens with two attached hydrogens (primary N) is 1. The summed E-state index contributed by atoms with van der Waals surface area (Å²) in [6.07, 6.45) is 2.08. The standard InChI is InChI=1S/C15H24FN3/c1-3-13-11-18(2)8-5-9-19(13)15-12(10-17)6-4-7-14(15)16/h4,6-7,13H,3,5,8-11,17H2,1-2H3. The molecule has 2 N–H and O–H groups in total. The lowest BCUT2D eigenvalue weighted by Gasteiger charge is -2.33. The second-order valence-electron chi connectivity index (χ2n) is 5.32. The van der Waals surface area contributed by atoms with Gasteiger partial charge in [0.15, 0.2) is 0 Å². The molecule has 0 saturated carbocycles. The van der Waals surface area contributed by atoms with Gasteiger partial charge in [-0.2, -0.15) is 0 Å². The Morgan fingerprint density at radius 3 is 2.84 bits per heavy atom. The quantitative estimate of drug-likeness (QED) is 0.909. The number of rotatable bonds is 3. The molecule has 1 heterocycles. The summed E-state index contributed by atoms with van der Waals surface area (Å²) < 4.78 is 14.3. The van der Waals surface area contributed by atoms with Crippen molar-refractivity contribution in [3.63, 3.8) is 0 Å². The molecule has 1 aliphatic rings. The highest BCUT2D eigenvalue weighted by Gasteiger charge is 2.25. The minimum Gasteiger partial charge on any atom is -0.365 e. The molecule has 0 radical (unpaired) electrons. The summed E-state index contributed by atoms with van der Waals surface area (Å²) in [5.41, 5.74) is 7.40. The molecule has 0 amide bonds. The maximum absolute atomic E-state index is 14.3. The van der Waals surface area contributed by atoms with Gasteiger partial charge in [0.2, 0.25) is 0 Å². The molecular formula is C15H24FN3. The van der Waals surface area contributed by atoms with Gasteiger partial charge in [0.05, 0.1) is 5.69 Å². The molecule has 4 heteroatoms. The number of likely N-dealkylation sites (N-methyl/N-ethyl adjacent to an activating group) is 1. The third-order valence-corrected chi connectivity index (χ3v) is 3.95. The van der Waals surface area contributed by atoms with Crippen LogP contribution < -0.4 is 10.6 Å². The molecule has 1 saturated heterocycles. The van der Waals surface area contributed by atoms with Gasteiger partial charge in [0.25, 0.3) is 0 Å². The molecule has 106 valence electrons. The largest absolute Gasteiger partial charge is 0.365 e. The van der Waals surface area contributed by atoms with Crippen LogP contribution in [0.5, 0.6) is 0 Å². The minimum absolute atomic E-state index is 0.147. The fraction of sp³-hybridized carbons (Fsp3) is 0.600. The number of nitrogens with zero attached hydrogens (tertiary/aromatic N) is 2. The van der Waals surface area contributed by atoms with Crippen molar-refractivity contribution in [2.75, 3.05) is 31.6 Å². The molecule has 1 unspecified atom stereocenters. The molecule has 1 aromatic carbocycles. The second-order valence-corrected chi connectivity index (χ2v) is 5.32. The summed E-state index contributed by atoms with van der Waals surface area (Å²) in [6.45, 7) is 5.50. The summed E-state index contributed by atoms with van der Waals surface area (Å²) in [7, 11) is 2.14. The van der Waals surface area contributed by atoms with Crippen molar-refractivity contribution in [2.24, 2.45) is 5.73 Å². The number of hydrogen-bond acceptors (Lipinski definition) is 3. The molecule has 1 aliphatic heterocycles. The predicted molar refractivity (Wildman–Crippen MR) is 77.8 cm³/mol. The summed E-state index contributed by atoms with van der Waals surface area (Å²) in [5.74, 6) is -0.147. The van der Waals surface area contributed by atoms with Gasteiger partial charge in [-0.3, -0.25) is 0 Å². The number of hydrogen-bond donors (Lipinski definition) is 1. The zero-order chi connectivity index (χ0) is 13.8. The van der Waals surface area contributed by atoms with E-state index in [1.165, 1.54) is 6.07 Å². The van der Waals surface area contributed by atoms with Crippen LogP contribution >= 0.6 is 0 Å². The van der Waals surface area contributed by atoms with Crippen LogP contribution in [-0.4, -0.2) is 37.6 Å². The number of benzene rings is 1. The first-order valence-corrected chi connectivity index (χ1v) is 7.10. The van der Waals surface area contributed by atoms with Crippen LogP contribution in [0.2, 0.25) is 0 Å². The normalized spacial score (nSPS) is 21.5. The lowest BCUT2D eigenvalue weighted by atomic mass is 10.1. The van der Waals surface area contributed by atoms with E-state index in [1.807, 2.05) is 6.07 Å². The summed E-state index contributed by atoms with van der Waals surface area (Å²) >= 11 is 0. The summed E-state index contributed by atoms with van der Waals surface area (Å²) in [6, 6.07) is 5.57. The highest BCUT2D eigenvalue weighted by molar-refractivity contribution is 5.56. The Balaban J connectivity index is 2.37. The van der Waals surface area contributed by atoms with E-state index in [9.17, 15) is 4.39 Å². The third-order valence-electron chi connectivity index (χ3n) is 3.95. The van der Waals surface area contributed by atoms with Crippen LogP contribution in [0.4, 0.5) is 10.1 Å². The topological polar surface area (TPSA) is 32.5 Å². The molecule has 2 rings (SSSR count). The molecule has 1 aromatic rings. The van der Waals surface area contributed by atoms with Crippen molar-refractivity contribution in [3.05, 3.63) is 29.6 Å². The van der Waals surface area contributed by atoms with Crippen LogP contribution in [0.3, 0.4) is 0 Å². The van der Waals surface area contributed by atoms with Gasteiger partial charge in [-0.1, -0.05) is 19.1 Å². The van der Waals surface area contributed by atoms with Gasteiger partial charge in [-0.25, -0.2) is 4.39 Å². The van der Waals surface area contributed by atoms with Crippen molar-refractivity contribution in [2.45, 2.75) is 32.4 Å². The van der Waals surface area contributed by atoms with E-state index in [0.717, 1.165) is 38.0 Å². The lowest BCUT2D eigenvalue weighted by molar-refractivity contribution is 0.327. The monoisotopic (exact) mass is 265 g/mol. The van der Waals surface area contributed by atoms with E-state index in [4.69, 9.17) is 5.73 Å². The van der Waals surface area contributed by atoms with E-state index in [2.05, 4.69) is 23.8 Å². The van der Waals surface area contributed by atoms with Crippen LogP contribution in [0, 0.1) is 5.82 Å². The zero-order valence-electron chi connectivity index (χ0n) is 11.9. The van der Waals surface area contributed by atoms with Gasteiger partial charge in [-0.15, -0.1) is 0 Å². The first kappa shape index (κ1) is 14.3. The molecule has 0 aliphatic carbocycles. The Bertz CT molecular complexity index is 422. The molecule has 1 fully saturated rings. The predicted octanol–water partition coefficient (Wildman–Crippen LogP) is 2.20. The first-order chi connectivity index (χ1) is 9.17. The molecule has 0 bridgehead atoms. The fourth-order valence-electron chi connectivity index (χ4n) is 2.93. The van der Waals surface area contributed by atoms with E-state index >= 15 is 0 Å². The molecule has 0 aromatic heterocycles. The van der Waals surface area contributed by atoms with E-state index in [0.29, 0.717) is 18.3 Å². The van der Waals surface area contributed by atoms with Gasteiger partial charge in [-0.05, 0) is 38.1 Å². The maximum atomic E-state index is 14.3. The Morgan fingerprint density at radius 2 is 2.16 bits per heavy atom. The van der Waals surface area contributed by atoms with Crippen molar-refractivity contribution in [1.82, 2.24) is 4.90 Å². The number of anilines is 1. The van der Waals surface area contributed by atoms with Crippen molar-refractivity contribution in [1.29, 1.82) is 0 Å². The molecular weight excluding hydrogens is 241 g/mol. The number of halogens is 1.